The van der Waals surface area contributed by atoms with Crippen LogP contribution >= 0.6 is 0 Å². The van der Waals surface area contributed by atoms with Crippen molar-refractivity contribution in [2.45, 2.75) is 108 Å². The first kappa shape index (κ1) is 37.7. The zero-order valence-electron chi connectivity index (χ0n) is 30.6. The van der Waals surface area contributed by atoms with Crippen molar-refractivity contribution in [2.24, 2.45) is 28.6 Å². The summed E-state index contributed by atoms with van der Waals surface area (Å²) in [6.45, 7) is 4.64. The summed E-state index contributed by atoms with van der Waals surface area (Å²) in [4.78, 5) is 27.2. The number of rotatable bonds is 8. The molecule has 2 aromatic carbocycles. The number of carbonyl (C=O) groups excluding carboxylic acids is 2. The molecule has 8 rings (SSSR count). The largest absolute Gasteiger partial charge is 0.394 e. The highest BCUT2D eigenvalue weighted by Crippen LogP contribution is 2.70. The zero-order chi connectivity index (χ0) is 38.3. The third kappa shape index (κ3) is 5.80. The van der Waals surface area contributed by atoms with Gasteiger partial charge in [0, 0.05) is 22.3 Å². The van der Waals surface area contributed by atoms with Gasteiger partial charge in [0.2, 0.25) is 0 Å². The smallest absolute Gasteiger partial charge is 0.193 e. The summed E-state index contributed by atoms with van der Waals surface area (Å²) in [7, 11) is 0. The normalized spacial score (nSPS) is 42.5. The van der Waals surface area contributed by atoms with Crippen molar-refractivity contribution < 1.29 is 58.5 Å². The number of ether oxygens (including phenoxy) is 4. The van der Waals surface area contributed by atoms with E-state index in [-0.39, 0.29) is 35.5 Å². The van der Waals surface area contributed by atoms with Crippen LogP contribution < -0.4 is 0 Å². The van der Waals surface area contributed by atoms with Gasteiger partial charge in [-0.3, -0.25) is 9.59 Å². The predicted octanol–water partition coefficient (Wildman–Crippen LogP) is 3.15. The van der Waals surface area contributed by atoms with E-state index >= 15 is 4.39 Å². The Balaban J connectivity index is 1.11. The van der Waals surface area contributed by atoms with Crippen LogP contribution in [0.1, 0.15) is 68.1 Å². The first-order valence-corrected chi connectivity index (χ1v) is 18.9. The maximum atomic E-state index is 16.0. The Morgan fingerprint density at radius 1 is 1.00 bits per heavy atom. The number of aliphatic hydroxyl groups excluding tert-OH is 5. The molecular weight excluding hydrogens is 699 g/mol. The van der Waals surface area contributed by atoms with E-state index in [2.05, 4.69) is 6.92 Å². The molecule has 0 bridgehead atoms. The van der Waals surface area contributed by atoms with E-state index in [1.54, 1.807) is 18.2 Å². The van der Waals surface area contributed by atoms with Gasteiger partial charge >= 0.3 is 0 Å². The summed E-state index contributed by atoms with van der Waals surface area (Å²) < 4.78 is 40.7. The predicted molar refractivity (Wildman–Crippen MR) is 190 cm³/mol. The minimum Gasteiger partial charge on any atom is -0.394 e. The number of fused-ring (bicyclic) bond motifs is 7. The van der Waals surface area contributed by atoms with Gasteiger partial charge in [0.25, 0.3) is 0 Å². The van der Waals surface area contributed by atoms with Crippen molar-refractivity contribution in [3.05, 3.63) is 94.3 Å². The fourth-order valence-electron chi connectivity index (χ4n) is 11.0. The van der Waals surface area contributed by atoms with E-state index in [0.717, 1.165) is 22.3 Å². The lowest BCUT2D eigenvalue weighted by atomic mass is 9.46. The summed E-state index contributed by atoms with van der Waals surface area (Å²) in [5.41, 5.74) is 0.746. The highest BCUT2D eigenvalue weighted by atomic mass is 19.1. The van der Waals surface area contributed by atoms with Gasteiger partial charge in [-0.2, -0.15) is 0 Å². The summed E-state index contributed by atoms with van der Waals surface area (Å²) >= 11 is 0. The van der Waals surface area contributed by atoms with Crippen LogP contribution in [-0.2, 0) is 35.0 Å². The molecule has 2 aliphatic heterocycles. The molecule has 11 nitrogen and oxygen atoms in total. The Morgan fingerprint density at radius 2 is 1.74 bits per heavy atom. The second-order valence-corrected chi connectivity index (χ2v) is 16.7. The van der Waals surface area contributed by atoms with E-state index in [1.807, 2.05) is 50.3 Å². The molecule has 12 heteroatoms. The molecule has 5 fully saturated rings. The Kier molecular flexibility index (Phi) is 9.64. The van der Waals surface area contributed by atoms with Crippen LogP contribution in [-0.4, -0.2) is 98.8 Å². The van der Waals surface area contributed by atoms with E-state index < -0.39 is 90.4 Å². The molecule has 2 heterocycles. The summed E-state index contributed by atoms with van der Waals surface area (Å²) in [6.07, 6.45) is -3.29. The maximum absolute atomic E-state index is 16.0. The van der Waals surface area contributed by atoms with Gasteiger partial charge in [-0.25, -0.2) is 4.39 Å². The van der Waals surface area contributed by atoms with Crippen LogP contribution in [0.2, 0.25) is 0 Å². The molecule has 2 saturated heterocycles. The van der Waals surface area contributed by atoms with Gasteiger partial charge in [0.15, 0.2) is 29.7 Å². The van der Waals surface area contributed by atoms with Crippen LogP contribution in [0.15, 0.2) is 66.3 Å². The Morgan fingerprint density at radius 3 is 2.46 bits per heavy atom. The van der Waals surface area contributed by atoms with Crippen LogP contribution in [0.25, 0.3) is 0 Å². The number of allylic oxidation sites excluding steroid dienone is 4. The van der Waals surface area contributed by atoms with E-state index in [9.17, 15) is 35.1 Å². The highest BCUT2D eigenvalue weighted by Gasteiger charge is 2.76. The average Bonchev–Trinajstić information content (AvgIpc) is 3.64. The third-order valence-electron chi connectivity index (χ3n) is 13.7. The van der Waals surface area contributed by atoms with Gasteiger partial charge in [-0.1, -0.05) is 67.5 Å². The molecule has 0 radical (unpaired) electrons. The molecule has 290 valence electrons. The van der Waals surface area contributed by atoms with Crippen LogP contribution in [0.3, 0.4) is 0 Å². The second-order valence-electron chi connectivity index (χ2n) is 16.7. The molecular formula is C42H49FO11. The minimum atomic E-state index is -1.73. The van der Waals surface area contributed by atoms with Crippen LogP contribution in [0, 0.1) is 41.3 Å². The zero-order valence-corrected chi connectivity index (χ0v) is 30.6. The fourth-order valence-corrected chi connectivity index (χ4v) is 11.0. The van der Waals surface area contributed by atoms with E-state index in [4.69, 9.17) is 18.9 Å². The number of aliphatic hydroxyl groups is 5. The number of halogens is 1. The van der Waals surface area contributed by atoms with Crippen molar-refractivity contribution in [3.63, 3.8) is 0 Å². The summed E-state index contributed by atoms with van der Waals surface area (Å²) in [5.74, 6) is -1.65. The third-order valence-corrected chi connectivity index (χ3v) is 13.7. The molecule has 54 heavy (non-hydrogen) atoms. The monoisotopic (exact) mass is 748 g/mol. The van der Waals surface area contributed by atoms with Crippen molar-refractivity contribution >= 4 is 11.6 Å². The maximum Gasteiger partial charge on any atom is 0.193 e. The fraction of sp³-hybridized carbons (Fsp3) is 0.571. The van der Waals surface area contributed by atoms with Gasteiger partial charge in [-0.15, -0.1) is 0 Å². The SMILES string of the molecule is Cc1ccc(Cc2ccc([C@@H]3O[C@@H]4C[C@H]5[C@@H]6CCC7=CC(=O)C=C[C@]7(C)[C@H]6[C@@H](O)C[C@]5(C)[C@]4(C(=O)CO[C@@H]4O[C@H](CO)[C@H](O)[C@H](O)[C@H]4O)O3)c(F)c2)cc1. The Bertz CT molecular complexity index is 1860. The molecule has 0 amide bonds. The highest BCUT2D eigenvalue weighted by molar-refractivity contribution is 6.01. The molecule has 3 saturated carbocycles. The standard InChI is InChI=1S/C42H49FO11/c1-21-4-6-22(7-5-21)14-23-8-10-27(29(43)15-23)38-53-33-17-28-26-11-9-24-16-25(45)12-13-40(24,2)34(26)30(46)18-41(28,3)42(33,54-38)32(47)20-51-39-37(50)36(49)35(48)31(19-44)52-39/h4-8,10,12-13,15-16,26,28,30-31,33-39,44,46,48-50H,9,11,14,17-20H2,1-3H3/t26-,28-,30-,31+,33+,34+,35-,36-,37+,38+,39+,40-,41-,42+/m0/s1. The first-order chi connectivity index (χ1) is 25.7. The van der Waals surface area contributed by atoms with Crippen LogP contribution in [0.5, 0.6) is 0 Å². The van der Waals surface area contributed by atoms with Crippen molar-refractivity contribution in [1.29, 1.82) is 0 Å². The minimum absolute atomic E-state index is 0.0659. The number of benzene rings is 2. The second kappa shape index (κ2) is 13.8. The summed E-state index contributed by atoms with van der Waals surface area (Å²) in [5, 5.41) is 53.1. The van der Waals surface area contributed by atoms with Gasteiger partial charge in [0.1, 0.15) is 36.8 Å². The number of aryl methyl sites for hydroxylation is 1. The van der Waals surface area contributed by atoms with Crippen LogP contribution in [0.4, 0.5) is 4.39 Å². The molecule has 0 aromatic heterocycles. The number of hydrogen-bond acceptors (Lipinski definition) is 11. The molecule has 4 aliphatic carbocycles. The molecule has 2 aromatic rings. The lowest BCUT2D eigenvalue weighted by Gasteiger charge is -2.59. The first-order valence-electron chi connectivity index (χ1n) is 18.9. The topological polar surface area (TPSA) is 172 Å². The number of Topliss-reactive ketones (excluding diaryl/α,β-unsaturated/α-hetero) is 1. The Hall–Kier alpha value is -3.17. The van der Waals surface area contributed by atoms with Gasteiger partial charge < -0.3 is 44.5 Å². The van der Waals surface area contributed by atoms with E-state index in [0.29, 0.717) is 25.7 Å². The lowest BCUT2D eigenvalue weighted by molar-refractivity contribution is -0.300. The van der Waals surface area contributed by atoms with Gasteiger partial charge in [-0.05, 0) is 80.2 Å². The molecule has 5 N–H and O–H groups in total. The van der Waals surface area contributed by atoms with Crippen molar-refractivity contribution in [3.8, 4) is 0 Å². The molecule has 0 unspecified atom stereocenters. The summed E-state index contributed by atoms with van der Waals surface area (Å²) in [6, 6.07) is 12.9. The van der Waals surface area contributed by atoms with Crippen molar-refractivity contribution in [2.75, 3.05) is 13.2 Å². The number of ketones is 2. The van der Waals surface area contributed by atoms with Gasteiger partial charge in [0.05, 0.1) is 18.8 Å². The van der Waals surface area contributed by atoms with E-state index in [1.165, 1.54) is 6.07 Å². The van der Waals surface area contributed by atoms with Crippen molar-refractivity contribution in [1.82, 2.24) is 0 Å². The Labute approximate surface area is 313 Å². The lowest BCUT2D eigenvalue weighted by Crippen LogP contribution is -2.64. The average molecular weight is 749 g/mol. The number of hydrogen-bond donors (Lipinski definition) is 5. The molecule has 14 atom stereocenters. The molecule has 6 aliphatic rings. The molecule has 0 spiro atoms. The number of carbonyl (C=O) groups is 2. The quantitative estimate of drug-likeness (QED) is 0.269.